The van der Waals surface area contributed by atoms with Gasteiger partial charge in [-0.3, -0.25) is 0 Å². The molecule has 0 saturated heterocycles. The molecule has 0 heterocycles. The molecular formula is C8H14O2Y. The zero-order valence-corrected chi connectivity index (χ0v) is 9.70. The van der Waals surface area contributed by atoms with Gasteiger partial charge in [-0.05, 0) is 31.1 Å². The standard InChI is InChI=1S/C8H14O2.Y/c1-10-8-6-3-2-5(4-6)7(8)9;/h5-9H,2-4H2,1H3;. The minimum absolute atomic E-state index is 0. The van der Waals surface area contributed by atoms with Crippen molar-refractivity contribution in [2.24, 2.45) is 11.8 Å². The molecule has 0 aromatic heterocycles. The normalized spacial score (nSPS) is 47.5. The van der Waals surface area contributed by atoms with Crippen molar-refractivity contribution in [3.63, 3.8) is 0 Å². The molecule has 4 unspecified atom stereocenters. The van der Waals surface area contributed by atoms with Gasteiger partial charge in [0.05, 0.1) is 12.2 Å². The third-order valence-electron chi connectivity index (χ3n) is 3.07. The number of aliphatic hydroxyl groups is 1. The summed E-state index contributed by atoms with van der Waals surface area (Å²) >= 11 is 0. The van der Waals surface area contributed by atoms with Crippen LogP contribution in [0.2, 0.25) is 0 Å². The maximum Gasteiger partial charge on any atom is 0.0861 e. The van der Waals surface area contributed by atoms with Crippen LogP contribution in [0, 0.1) is 11.8 Å². The summed E-state index contributed by atoms with van der Waals surface area (Å²) in [6.07, 6.45) is 3.66. The Morgan fingerprint density at radius 2 is 1.91 bits per heavy atom. The molecule has 11 heavy (non-hydrogen) atoms. The molecule has 0 aliphatic heterocycles. The number of rotatable bonds is 1. The second-order valence-electron chi connectivity index (χ2n) is 3.52. The van der Waals surface area contributed by atoms with Crippen LogP contribution in [0.3, 0.4) is 0 Å². The molecular weight excluding hydrogens is 217 g/mol. The third kappa shape index (κ3) is 1.56. The number of hydrogen-bond donors (Lipinski definition) is 1. The van der Waals surface area contributed by atoms with Gasteiger partial charge in [-0.15, -0.1) is 0 Å². The first-order chi connectivity index (χ1) is 4.83. The van der Waals surface area contributed by atoms with E-state index in [9.17, 15) is 5.11 Å². The second-order valence-corrected chi connectivity index (χ2v) is 3.52. The molecule has 1 radical (unpaired) electrons. The first-order valence-corrected chi connectivity index (χ1v) is 4.04. The maximum atomic E-state index is 9.55. The smallest absolute Gasteiger partial charge is 0.0861 e. The molecule has 2 saturated carbocycles. The van der Waals surface area contributed by atoms with Crippen LogP contribution in [0.1, 0.15) is 19.3 Å². The van der Waals surface area contributed by atoms with Gasteiger partial charge in [-0.25, -0.2) is 0 Å². The summed E-state index contributed by atoms with van der Waals surface area (Å²) in [4.78, 5) is 0. The molecule has 2 rings (SSSR count). The van der Waals surface area contributed by atoms with Crippen molar-refractivity contribution in [3.8, 4) is 0 Å². The topological polar surface area (TPSA) is 29.5 Å². The van der Waals surface area contributed by atoms with Gasteiger partial charge in [-0.1, -0.05) is 0 Å². The third-order valence-corrected chi connectivity index (χ3v) is 3.07. The molecule has 1 N–H and O–H groups in total. The predicted octanol–water partition coefficient (Wildman–Crippen LogP) is 0.790. The first-order valence-electron chi connectivity index (χ1n) is 4.04. The quantitative estimate of drug-likeness (QED) is 0.722. The minimum Gasteiger partial charge on any atom is -0.390 e. The Bertz CT molecular complexity index is 138. The average Bonchev–Trinajstić information content (AvgIpc) is 2.46. The zero-order chi connectivity index (χ0) is 7.14. The summed E-state index contributed by atoms with van der Waals surface area (Å²) in [6, 6.07) is 0. The summed E-state index contributed by atoms with van der Waals surface area (Å²) in [5.41, 5.74) is 0. The Morgan fingerprint density at radius 3 is 2.27 bits per heavy atom. The van der Waals surface area contributed by atoms with E-state index in [1.165, 1.54) is 19.3 Å². The van der Waals surface area contributed by atoms with E-state index in [2.05, 4.69) is 0 Å². The number of methoxy groups -OCH3 is 1. The summed E-state index contributed by atoms with van der Waals surface area (Å²) in [5.74, 6) is 1.21. The molecule has 4 atom stereocenters. The molecule has 2 bridgehead atoms. The van der Waals surface area contributed by atoms with E-state index in [0.717, 1.165) is 0 Å². The largest absolute Gasteiger partial charge is 0.390 e. The van der Waals surface area contributed by atoms with E-state index < -0.39 is 0 Å². The van der Waals surface area contributed by atoms with Crippen LogP contribution in [0.25, 0.3) is 0 Å². The summed E-state index contributed by atoms with van der Waals surface area (Å²) < 4.78 is 5.21. The number of hydrogen-bond acceptors (Lipinski definition) is 2. The fourth-order valence-electron chi connectivity index (χ4n) is 2.54. The van der Waals surface area contributed by atoms with Crippen LogP contribution in [0.15, 0.2) is 0 Å². The molecule has 2 aliphatic rings. The van der Waals surface area contributed by atoms with Crippen LogP contribution in [-0.4, -0.2) is 24.4 Å². The summed E-state index contributed by atoms with van der Waals surface area (Å²) in [7, 11) is 1.70. The van der Waals surface area contributed by atoms with Gasteiger partial charge >= 0.3 is 0 Å². The van der Waals surface area contributed by atoms with Gasteiger partial charge in [0.2, 0.25) is 0 Å². The molecule has 2 aliphatic carbocycles. The summed E-state index contributed by atoms with van der Waals surface area (Å²) in [6.45, 7) is 0. The van der Waals surface area contributed by atoms with Crippen molar-refractivity contribution in [2.75, 3.05) is 7.11 Å². The van der Waals surface area contributed by atoms with Gasteiger partial charge in [0, 0.05) is 39.8 Å². The predicted molar refractivity (Wildman–Crippen MR) is 37.6 cm³/mol. The summed E-state index contributed by atoms with van der Waals surface area (Å²) in [5, 5.41) is 9.55. The van der Waals surface area contributed by atoms with E-state index in [1.54, 1.807) is 7.11 Å². The van der Waals surface area contributed by atoms with E-state index in [-0.39, 0.29) is 44.9 Å². The van der Waals surface area contributed by atoms with E-state index in [1.807, 2.05) is 0 Å². The Balaban J connectivity index is 0.000000605. The van der Waals surface area contributed by atoms with E-state index in [0.29, 0.717) is 11.8 Å². The molecule has 2 fully saturated rings. The van der Waals surface area contributed by atoms with Crippen LogP contribution in [-0.2, 0) is 37.4 Å². The van der Waals surface area contributed by atoms with Crippen molar-refractivity contribution in [2.45, 2.75) is 31.5 Å². The van der Waals surface area contributed by atoms with Gasteiger partial charge in [0.15, 0.2) is 0 Å². The molecule has 0 amide bonds. The average molecular weight is 231 g/mol. The van der Waals surface area contributed by atoms with Gasteiger partial charge in [0.1, 0.15) is 0 Å². The molecule has 0 spiro atoms. The fourth-order valence-corrected chi connectivity index (χ4v) is 2.54. The Hall–Kier alpha value is 1.02. The molecule has 0 aromatic carbocycles. The van der Waals surface area contributed by atoms with Crippen LogP contribution >= 0.6 is 0 Å². The van der Waals surface area contributed by atoms with Crippen molar-refractivity contribution >= 4 is 0 Å². The second kappa shape index (κ2) is 3.82. The molecule has 61 valence electrons. The number of fused-ring (bicyclic) bond motifs is 2. The van der Waals surface area contributed by atoms with Crippen molar-refractivity contribution in [1.29, 1.82) is 0 Å². The van der Waals surface area contributed by atoms with Crippen LogP contribution < -0.4 is 0 Å². The van der Waals surface area contributed by atoms with E-state index in [4.69, 9.17) is 4.74 Å². The zero-order valence-electron chi connectivity index (χ0n) is 6.86. The maximum absolute atomic E-state index is 9.55. The molecule has 3 heteroatoms. The monoisotopic (exact) mass is 231 g/mol. The number of ether oxygens (including phenoxy) is 1. The van der Waals surface area contributed by atoms with Gasteiger partial charge in [0.25, 0.3) is 0 Å². The molecule has 2 nitrogen and oxygen atoms in total. The Kier molecular flexibility index (Phi) is 3.51. The minimum atomic E-state index is -0.163. The van der Waals surface area contributed by atoms with Crippen LogP contribution in [0.4, 0.5) is 0 Å². The molecule has 0 aromatic rings. The van der Waals surface area contributed by atoms with Crippen molar-refractivity contribution in [1.82, 2.24) is 0 Å². The van der Waals surface area contributed by atoms with E-state index >= 15 is 0 Å². The van der Waals surface area contributed by atoms with Gasteiger partial charge in [-0.2, -0.15) is 0 Å². The van der Waals surface area contributed by atoms with Crippen LogP contribution in [0.5, 0.6) is 0 Å². The van der Waals surface area contributed by atoms with Crippen molar-refractivity contribution in [3.05, 3.63) is 0 Å². The Labute approximate surface area is 92.6 Å². The fraction of sp³-hybridized carbons (Fsp3) is 1.00. The Morgan fingerprint density at radius 1 is 1.27 bits per heavy atom. The first kappa shape index (κ1) is 10.1. The SMILES string of the molecule is COC1C2CCC(C2)C1O.[Y]. The number of aliphatic hydroxyl groups excluding tert-OH is 1. The van der Waals surface area contributed by atoms with Gasteiger partial charge < -0.3 is 9.84 Å². The van der Waals surface area contributed by atoms with Crippen molar-refractivity contribution < 1.29 is 42.6 Å².